The Morgan fingerprint density at radius 3 is 2.49 bits per heavy atom. The molecule has 0 radical (unpaired) electrons. The summed E-state index contributed by atoms with van der Waals surface area (Å²) in [4.78, 5) is 46.3. The van der Waals surface area contributed by atoms with Gasteiger partial charge >= 0.3 is 6.09 Å². The molecule has 2 fully saturated rings. The molecule has 5 rings (SSSR count). The second-order valence-electron chi connectivity index (χ2n) is 10.3. The predicted molar refractivity (Wildman–Crippen MR) is 158 cm³/mol. The van der Waals surface area contributed by atoms with E-state index in [1.54, 1.807) is 50.7 Å². The molecule has 0 bridgehead atoms. The van der Waals surface area contributed by atoms with Crippen LogP contribution in [0.1, 0.15) is 12.5 Å². The number of hydrogen-bond acceptors (Lipinski definition) is 8. The minimum Gasteiger partial charge on any atom is -0.497 e. The molecular weight excluding hydrogens is 557 g/mol. The summed E-state index contributed by atoms with van der Waals surface area (Å²) in [5, 5.41) is 2.62. The van der Waals surface area contributed by atoms with E-state index in [1.807, 2.05) is 17.0 Å². The lowest BCUT2D eigenvalue weighted by Crippen LogP contribution is -2.49. The van der Waals surface area contributed by atoms with Gasteiger partial charge in [-0.15, -0.1) is 0 Å². The first-order chi connectivity index (χ1) is 20.7. The van der Waals surface area contributed by atoms with Crippen LogP contribution in [0.15, 0.2) is 54.7 Å². The molecule has 1 aromatic heterocycles. The lowest BCUT2D eigenvalue weighted by atomic mass is 10.1. The molecule has 2 aliphatic rings. The van der Waals surface area contributed by atoms with Crippen molar-refractivity contribution in [2.45, 2.75) is 19.4 Å². The maximum absolute atomic E-state index is 15.2. The maximum Gasteiger partial charge on any atom is 0.414 e. The largest absolute Gasteiger partial charge is 0.497 e. The van der Waals surface area contributed by atoms with Crippen molar-refractivity contribution >= 4 is 29.4 Å². The zero-order valence-corrected chi connectivity index (χ0v) is 24.3. The van der Waals surface area contributed by atoms with Gasteiger partial charge < -0.3 is 29.3 Å². The second-order valence-corrected chi connectivity index (χ2v) is 10.3. The number of nitrogens with zero attached hydrogens (tertiary/aromatic N) is 4. The number of carbonyl (C=O) groups is 3. The first kappa shape index (κ1) is 29.6. The Balaban J connectivity index is 1.17. The molecule has 2 aromatic carbocycles. The van der Waals surface area contributed by atoms with E-state index >= 15 is 4.39 Å². The Morgan fingerprint density at radius 1 is 1.05 bits per heavy atom. The van der Waals surface area contributed by atoms with Crippen molar-refractivity contribution in [1.82, 2.24) is 15.2 Å². The number of cyclic esters (lactones) is 1. The van der Waals surface area contributed by atoms with E-state index in [0.717, 1.165) is 11.4 Å². The number of hydrogen-bond donors (Lipinski definition) is 1. The molecule has 1 N–H and O–H groups in total. The van der Waals surface area contributed by atoms with Crippen LogP contribution in [0.25, 0.3) is 11.1 Å². The number of halogens is 1. The molecule has 0 spiro atoms. The molecule has 3 heterocycles. The first-order valence-electron chi connectivity index (χ1n) is 14.0. The van der Waals surface area contributed by atoms with Gasteiger partial charge in [-0.05, 0) is 48.5 Å². The Kier molecular flexibility index (Phi) is 8.93. The van der Waals surface area contributed by atoms with Gasteiger partial charge in [0.1, 0.15) is 29.2 Å². The third-order valence-electron chi connectivity index (χ3n) is 7.56. The van der Waals surface area contributed by atoms with E-state index < -0.39 is 18.0 Å². The fourth-order valence-corrected chi connectivity index (χ4v) is 5.21. The summed E-state index contributed by atoms with van der Waals surface area (Å²) in [5.41, 5.74) is 2.10. The fourth-order valence-electron chi connectivity index (χ4n) is 5.21. The molecule has 3 aromatic rings. The quantitative estimate of drug-likeness (QED) is 0.404. The highest BCUT2D eigenvalue weighted by Crippen LogP contribution is 2.30. The first-order valence-corrected chi connectivity index (χ1v) is 14.0. The smallest absolute Gasteiger partial charge is 0.414 e. The van der Waals surface area contributed by atoms with Crippen molar-refractivity contribution in [3.63, 3.8) is 0 Å². The number of aromatic nitrogens is 1. The zero-order valence-electron chi connectivity index (χ0n) is 24.3. The van der Waals surface area contributed by atoms with Crippen molar-refractivity contribution in [3.05, 3.63) is 66.1 Å². The monoisotopic (exact) mass is 591 g/mol. The second kappa shape index (κ2) is 13.0. The molecular formula is C31H34FN5O6. The molecule has 12 heteroatoms. The third-order valence-corrected chi connectivity index (χ3v) is 7.56. The normalized spacial score (nSPS) is 16.6. The van der Waals surface area contributed by atoms with E-state index in [-0.39, 0.29) is 31.3 Å². The number of ether oxygens (including phenoxy) is 3. The summed E-state index contributed by atoms with van der Waals surface area (Å²) in [6, 6.07) is 13.6. The van der Waals surface area contributed by atoms with Gasteiger partial charge in [-0.1, -0.05) is 0 Å². The fraction of sp³-hybridized carbons (Fsp3) is 0.355. The van der Waals surface area contributed by atoms with Crippen molar-refractivity contribution in [2.75, 3.05) is 63.3 Å². The van der Waals surface area contributed by atoms with Gasteiger partial charge in [-0.25, -0.2) is 14.2 Å². The average Bonchev–Trinajstić information content (AvgIpc) is 3.40. The average molecular weight is 592 g/mol. The standard InChI is InChI=1S/C31H34FN5O6/c1-20(38)33-18-25-19-37(31(40)43-25)23-5-7-26(27(32)16-23)21-4-9-29(34-17-21)35-10-12-36(13-11-35)30(39)15-22-14-24(41-2)6-8-28(22)42-3/h4-9,14,16-17,25H,10-13,15,18-19H2,1-3H3,(H,33,38)/t25-/m0/s1. The Bertz CT molecular complexity index is 1490. The number of methoxy groups -OCH3 is 2. The number of anilines is 2. The van der Waals surface area contributed by atoms with Crippen molar-refractivity contribution < 1.29 is 33.0 Å². The van der Waals surface area contributed by atoms with Crippen LogP contribution < -0.4 is 24.6 Å². The molecule has 1 atom stereocenters. The number of amides is 3. The SMILES string of the molecule is COc1ccc(OC)c(CC(=O)N2CCN(c3ccc(-c4ccc(N5C[C@H](CNC(C)=O)OC5=O)cc4F)cn3)CC2)c1. The summed E-state index contributed by atoms with van der Waals surface area (Å²) in [6.07, 6.45) is 0.740. The van der Waals surface area contributed by atoms with E-state index in [1.165, 1.54) is 17.9 Å². The number of pyridine rings is 1. The van der Waals surface area contributed by atoms with Gasteiger partial charge in [0.25, 0.3) is 0 Å². The minimum absolute atomic E-state index is 0.0128. The van der Waals surface area contributed by atoms with Gasteiger partial charge in [0.2, 0.25) is 11.8 Å². The summed E-state index contributed by atoms with van der Waals surface area (Å²) in [6.45, 7) is 4.12. The van der Waals surface area contributed by atoms with Gasteiger partial charge in [0.05, 0.1) is 39.4 Å². The molecule has 3 amide bonds. The summed E-state index contributed by atoms with van der Waals surface area (Å²) in [5.74, 6) is 1.36. The van der Waals surface area contributed by atoms with E-state index in [4.69, 9.17) is 14.2 Å². The highest BCUT2D eigenvalue weighted by atomic mass is 19.1. The van der Waals surface area contributed by atoms with Crippen LogP contribution in [0, 0.1) is 5.82 Å². The highest BCUT2D eigenvalue weighted by Gasteiger charge is 2.33. The Hall–Kier alpha value is -4.87. The van der Waals surface area contributed by atoms with Crippen molar-refractivity contribution in [1.29, 1.82) is 0 Å². The van der Waals surface area contributed by atoms with Crippen LogP contribution in [0.4, 0.5) is 20.7 Å². The van der Waals surface area contributed by atoms with E-state index in [0.29, 0.717) is 54.5 Å². The number of benzene rings is 2. The molecule has 43 heavy (non-hydrogen) atoms. The third kappa shape index (κ3) is 6.79. The van der Waals surface area contributed by atoms with Gasteiger partial charge in [-0.3, -0.25) is 14.5 Å². The molecule has 0 unspecified atom stereocenters. The number of piperazine rings is 1. The minimum atomic E-state index is -0.588. The molecule has 2 saturated heterocycles. The number of nitrogens with one attached hydrogen (secondary N) is 1. The summed E-state index contributed by atoms with van der Waals surface area (Å²) >= 11 is 0. The summed E-state index contributed by atoms with van der Waals surface area (Å²) < 4.78 is 31.1. The summed E-state index contributed by atoms with van der Waals surface area (Å²) in [7, 11) is 3.16. The molecule has 2 aliphatic heterocycles. The van der Waals surface area contributed by atoms with Crippen LogP contribution in [0.5, 0.6) is 11.5 Å². The van der Waals surface area contributed by atoms with E-state index in [2.05, 4.69) is 15.2 Å². The molecule has 0 saturated carbocycles. The lowest BCUT2D eigenvalue weighted by Gasteiger charge is -2.35. The van der Waals surface area contributed by atoms with E-state index in [9.17, 15) is 14.4 Å². The van der Waals surface area contributed by atoms with Crippen LogP contribution in [0.2, 0.25) is 0 Å². The topological polar surface area (TPSA) is 114 Å². The van der Waals surface area contributed by atoms with Gasteiger partial charge in [-0.2, -0.15) is 0 Å². The number of carbonyl (C=O) groups excluding carboxylic acids is 3. The van der Waals surface area contributed by atoms with Crippen LogP contribution in [-0.2, 0) is 20.7 Å². The van der Waals surface area contributed by atoms with Crippen molar-refractivity contribution in [2.24, 2.45) is 0 Å². The molecule has 226 valence electrons. The van der Waals surface area contributed by atoms with Crippen LogP contribution in [0.3, 0.4) is 0 Å². The maximum atomic E-state index is 15.2. The molecule has 0 aliphatic carbocycles. The van der Waals surface area contributed by atoms with Gasteiger partial charge in [0.15, 0.2) is 0 Å². The van der Waals surface area contributed by atoms with Crippen LogP contribution in [-0.4, -0.2) is 87.4 Å². The van der Waals surface area contributed by atoms with Gasteiger partial charge in [0, 0.05) is 56.0 Å². The zero-order chi connectivity index (χ0) is 30.5. The predicted octanol–water partition coefficient (Wildman–Crippen LogP) is 3.26. The molecule has 11 nitrogen and oxygen atoms in total. The highest BCUT2D eigenvalue weighted by molar-refractivity contribution is 5.90. The van der Waals surface area contributed by atoms with Crippen molar-refractivity contribution in [3.8, 4) is 22.6 Å². The van der Waals surface area contributed by atoms with Crippen LogP contribution >= 0.6 is 0 Å². The number of rotatable bonds is 9. The Labute approximate surface area is 249 Å². The lowest BCUT2D eigenvalue weighted by molar-refractivity contribution is -0.130. The Morgan fingerprint density at radius 2 is 1.84 bits per heavy atom.